The van der Waals surface area contributed by atoms with Crippen molar-refractivity contribution in [2.75, 3.05) is 12.8 Å². The van der Waals surface area contributed by atoms with Crippen molar-refractivity contribution in [3.05, 3.63) is 144 Å². The van der Waals surface area contributed by atoms with E-state index in [1.807, 2.05) is 145 Å². The third-order valence-corrected chi connectivity index (χ3v) is 9.82. The van der Waals surface area contributed by atoms with Crippen LogP contribution in [0.15, 0.2) is 122 Å². The van der Waals surface area contributed by atoms with Crippen molar-refractivity contribution >= 4 is 45.6 Å². The maximum atomic E-state index is 13.0. The van der Waals surface area contributed by atoms with Gasteiger partial charge in [-0.05, 0) is 125 Å². The van der Waals surface area contributed by atoms with E-state index in [9.17, 15) is 14.4 Å². The number of rotatable bonds is 6. The first kappa shape index (κ1) is 40.5. The number of nitrogens with zero attached hydrogens (tertiary/aromatic N) is 3. The number of nitrogens with two attached hydrogens (primary N) is 1. The summed E-state index contributed by atoms with van der Waals surface area (Å²) in [6.07, 6.45) is 7.27. The predicted molar refractivity (Wildman–Crippen MR) is 233 cm³/mol. The van der Waals surface area contributed by atoms with E-state index in [1.54, 1.807) is 21.5 Å². The molecule has 3 heterocycles. The number of anilines is 1. The number of methoxy groups -OCH3 is 1. The van der Waals surface area contributed by atoms with E-state index in [-0.39, 0.29) is 5.97 Å². The van der Waals surface area contributed by atoms with Crippen molar-refractivity contribution in [1.29, 1.82) is 0 Å². The molecule has 59 heavy (non-hydrogen) atoms. The lowest BCUT2D eigenvalue weighted by Gasteiger charge is -2.20. The zero-order valence-corrected chi connectivity index (χ0v) is 34.6. The Morgan fingerprint density at radius 2 is 1.20 bits per heavy atom. The molecular weight excluding hydrogens is 741 g/mol. The summed E-state index contributed by atoms with van der Waals surface area (Å²) in [4.78, 5) is 42.8. The van der Waals surface area contributed by atoms with Crippen LogP contribution in [0, 0.1) is 0 Å². The second kappa shape index (κ2) is 16.3. The van der Waals surface area contributed by atoms with Crippen molar-refractivity contribution in [3.8, 4) is 22.3 Å². The van der Waals surface area contributed by atoms with Crippen molar-refractivity contribution in [2.45, 2.75) is 77.9 Å². The molecule has 1 fully saturated rings. The van der Waals surface area contributed by atoms with Gasteiger partial charge in [-0.3, -0.25) is 14.1 Å². The minimum absolute atomic E-state index is 0.375. The molecule has 1 aliphatic carbocycles. The van der Waals surface area contributed by atoms with E-state index < -0.39 is 23.4 Å². The highest BCUT2D eigenvalue weighted by Crippen LogP contribution is 2.40. The molecule has 0 saturated heterocycles. The fraction of sp³-hybridized carbons (Fsp3) is 0.265. The zero-order chi connectivity index (χ0) is 42.1. The highest BCUT2D eigenvalue weighted by molar-refractivity contribution is 6.02. The van der Waals surface area contributed by atoms with E-state index in [2.05, 4.69) is 11.1 Å². The average molecular weight is 791 g/mol. The fourth-order valence-corrected chi connectivity index (χ4v) is 7.12. The van der Waals surface area contributed by atoms with Gasteiger partial charge in [0.1, 0.15) is 11.2 Å². The Bertz CT molecular complexity index is 2660. The van der Waals surface area contributed by atoms with E-state index in [0.29, 0.717) is 29.3 Å². The third-order valence-electron chi connectivity index (χ3n) is 9.82. The molecule has 0 bridgehead atoms. The zero-order valence-electron chi connectivity index (χ0n) is 34.6. The van der Waals surface area contributed by atoms with Crippen LogP contribution in [-0.2, 0) is 20.6 Å². The van der Waals surface area contributed by atoms with Crippen LogP contribution in [0.1, 0.15) is 87.5 Å². The molecule has 10 nitrogen and oxygen atoms in total. The molecule has 0 spiro atoms. The van der Waals surface area contributed by atoms with Gasteiger partial charge in [0, 0.05) is 52.6 Å². The first-order valence-corrected chi connectivity index (χ1v) is 19.8. The van der Waals surface area contributed by atoms with Crippen molar-refractivity contribution in [1.82, 2.24) is 14.1 Å². The van der Waals surface area contributed by atoms with Gasteiger partial charge in [0.05, 0.1) is 29.4 Å². The quantitative estimate of drug-likeness (QED) is 0.100. The van der Waals surface area contributed by atoms with Gasteiger partial charge in [-0.25, -0.2) is 14.4 Å². The summed E-state index contributed by atoms with van der Waals surface area (Å²) in [5.74, 6) is 0.115. The molecule has 0 unspecified atom stereocenters. The van der Waals surface area contributed by atoms with Gasteiger partial charge >= 0.3 is 18.2 Å². The lowest BCUT2D eigenvalue weighted by Crippen LogP contribution is -2.26. The average Bonchev–Trinajstić information content (AvgIpc) is 3.81. The van der Waals surface area contributed by atoms with Gasteiger partial charge in [0.15, 0.2) is 0 Å². The molecule has 0 atom stereocenters. The Labute approximate surface area is 344 Å². The van der Waals surface area contributed by atoms with Gasteiger partial charge < -0.3 is 19.9 Å². The number of carbonyl (C=O) groups is 3. The molecule has 3 aromatic heterocycles. The summed E-state index contributed by atoms with van der Waals surface area (Å²) < 4.78 is 19.3. The number of benzene rings is 4. The number of carbonyl (C=O) groups excluding carboxylic acids is 3. The van der Waals surface area contributed by atoms with Gasteiger partial charge in [-0.2, -0.15) is 0 Å². The van der Waals surface area contributed by atoms with E-state index in [4.69, 9.17) is 19.9 Å². The summed E-state index contributed by atoms with van der Waals surface area (Å²) in [5.41, 5.74) is 14.2. The SMILES string of the molecule is CC(C)(C)OC(=O)n1ccc2cc(N)cc(-c3ccccc3)c21.COC(=O)c1cc(C2CC2)cnc1Cc1cc(-c2ccccc2)c2c(ccn2C(=O)OC(C)(C)C)c1. The smallest absolute Gasteiger partial charge is 0.419 e. The van der Waals surface area contributed by atoms with Gasteiger partial charge in [0.25, 0.3) is 0 Å². The number of fused-ring (bicyclic) bond motifs is 2. The molecule has 10 heteroatoms. The lowest BCUT2D eigenvalue weighted by molar-refractivity contribution is 0.0533. The first-order chi connectivity index (χ1) is 28.1. The highest BCUT2D eigenvalue weighted by Gasteiger charge is 2.27. The predicted octanol–water partition coefficient (Wildman–Crippen LogP) is 11.4. The molecule has 302 valence electrons. The Morgan fingerprint density at radius 3 is 1.69 bits per heavy atom. The number of aromatic nitrogens is 3. The number of esters is 1. The maximum Gasteiger partial charge on any atom is 0.419 e. The standard InChI is InChI=1S/C30H30N2O4.C19H20N2O2/c1-30(2,3)36-29(34)32-13-12-22-14-19(15-24(27(22)32)21-8-6-5-7-9-21)16-26-25(28(33)35-4)17-23(18-31-26)20-10-11-20;1-19(2,3)23-18(22)21-10-9-14-11-15(20)12-16(17(14)21)13-7-5-4-6-8-13/h5-9,12-15,17-18,20H,10-11,16H2,1-4H3;4-12H,20H2,1-3H3. The topological polar surface area (TPSA) is 128 Å². The molecule has 2 N–H and O–H groups in total. The number of nitrogen functional groups attached to an aromatic ring is 1. The first-order valence-electron chi connectivity index (χ1n) is 19.8. The highest BCUT2D eigenvalue weighted by atomic mass is 16.6. The van der Waals surface area contributed by atoms with Crippen LogP contribution in [0.25, 0.3) is 44.1 Å². The van der Waals surface area contributed by atoms with Crippen LogP contribution < -0.4 is 5.73 Å². The van der Waals surface area contributed by atoms with Crippen LogP contribution >= 0.6 is 0 Å². The molecule has 8 rings (SSSR count). The number of hydrogen-bond acceptors (Lipinski definition) is 8. The van der Waals surface area contributed by atoms with Crippen molar-refractivity contribution < 1.29 is 28.6 Å². The summed E-state index contributed by atoms with van der Waals surface area (Å²) in [6, 6.07) is 33.4. The van der Waals surface area contributed by atoms with Gasteiger partial charge in [-0.1, -0.05) is 60.7 Å². The van der Waals surface area contributed by atoms with Crippen LogP contribution in [0.2, 0.25) is 0 Å². The van der Waals surface area contributed by atoms with E-state index >= 15 is 0 Å². The summed E-state index contributed by atoms with van der Waals surface area (Å²) in [5, 5.41) is 1.82. The molecule has 7 aromatic rings. The van der Waals surface area contributed by atoms with Crippen LogP contribution in [0.5, 0.6) is 0 Å². The Morgan fingerprint density at radius 1 is 0.695 bits per heavy atom. The normalized spacial score (nSPS) is 12.8. The van der Waals surface area contributed by atoms with Crippen LogP contribution in [-0.4, -0.2) is 50.6 Å². The Hall–Kier alpha value is -6.68. The van der Waals surface area contributed by atoms with Crippen molar-refractivity contribution in [2.24, 2.45) is 0 Å². The van der Waals surface area contributed by atoms with Crippen LogP contribution in [0.3, 0.4) is 0 Å². The fourth-order valence-electron chi connectivity index (χ4n) is 7.12. The second-order valence-electron chi connectivity index (χ2n) is 16.9. The van der Waals surface area contributed by atoms with E-state index in [1.165, 1.54) is 7.11 Å². The monoisotopic (exact) mass is 790 g/mol. The minimum Gasteiger partial charge on any atom is -0.465 e. The number of hydrogen-bond donors (Lipinski definition) is 1. The van der Waals surface area contributed by atoms with Crippen LogP contribution in [0.4, 0.5) is 15.3 Å². The molecule has 1 aliphatic rings. The minimum atomic E-state index is -0.608. The van der Waals surface area contributed by atoms with E-state index in [0.717, 1.165) is 68.0 Å². The largest absolute Gasteiger partial charge is 0.465 e. The Balaban J connectivity index is 0.000000198. The van der Waals surface area contributed by atoms with Gasteiger partial charge in [0.2, 0.25) is 0 Å². The molecular formula is C49H50N4O6. The summed E-state index contributed by atoms with van der Waals surface area (Å²) in [7, 11) is 1.40. The Kier molecular flexibility index (Phi) is 11.2. The summed E-state index contributed by atoms with van der Waals surface area (Å²) >= 11 is 0. The third kappa shape index (κ3) is 9.39. The lowest BCUT2D eigenvalue weighted by atomic mass is 9.96. The molecule has 0 aliphatic heterocycles. The molecule has 0 radical (unpaired) electrons. The maximum absolute atomic E-state index is 13.0. The van der Waals surface area contributed by atoms with Crippen molar-refractivity contribution in [3.63, 3.8) is 0 Å². The molecule has 4 aromatic carbocycles. The number of ether oxygens (including phenoxy) is 3. The second-order valence-corrected chi connectivity index (χ2v) is 16.9. The summed E-state index contributed by atoms with van der Waals surface area (Å²) in [6.45, 7) is 11.1. The molecule has 1 saturated carbocycles. The van der Waals surface area contributed by atoms with Gasteiger partial charge in [-0.15, -0.1) is 0 Å². The number of pyridine rings is 1. The molecule has 0 amide bonds.